The van der Waals surface area contributed by atoms with Crippen LogP contribution in [0.15, 0.2) is 42.9 Å². The molecule has 1 saturated heterocycles. The number of nitrogens with zero attached hydrogens (tertiary/aromatic N) is 4. The highest BCUT2D eigenvalue weighted by Gasteiger charge is 2.56. The van der Waals surface area contributed by atoms with Gasteiger partial charge in [0.25, 0.3) is 0 Å². The van der Waals surface area contributed by atoms with Crippen molar-refractivity contribution in [2.45, 2.75) is 44.1 Å². The second-order valence-corrected chi connectivity index (χ2v) is 9.84. The Bertz CT molecular complexity index is 1390. The van der Waals surface area contributed by atoms with E-state index in [-0.39, 0.29) is 12.1 Å². The van der Waals surface area contributed by atoms with E-state index in [1.807, 2.05) is 42.0 Å². The Morgan fingerprint density at radius 2 is 2.03 bits per heavy atom. The highest BCUT2D eigenvalue weighted by molar-refractivity contribution is 6.33. The first kappa shape index (κ1) is 20.8. The van der Waals surface area contributed by atoms with Gasteiger partial charge in [0.05, 0.1) is 28.4 Å². The first-order valence-corrected chi connectivity index (χ1v) is 11.5. The smallest absolute Gasteiger partial charge is 0.143 e. The number of aromatic nitrogens is 4. The fourth-order valence-electron chi connectivity index (χ4n) is 5.74. The molecule has 1 aliphatic carbocycles. The van der Waals surface area contributed by atoms with Crippen LogP contribution < -0.4 is 11.1 Å². The molecule has 3 aromatic heterocycles. The first-order chi connectivity index (χ1) is 15.9. The van der Waals surface area contributed by atoms with Crippen LogP contribution in [0.25, 0.3) is 21.9 Å². The predicted molar refractivity (Wildman–Crippen MR) is 127 cm³/mol. The van der Waals surface area contributed by atoms with Crippen LogP contribution in [-0.4, -0.2) is 48.5 Å². The van der Waals surface area contributed by atoms with E-state index in [4.69, 9.17) is 17.3 Å². The summed E-state index contributed by atoms with van der Waals surface area (Å²) in [6, 6.07) is 9.65. The Morgan fingerprint density at radius 1 is 1.18 bits per heavy atom. The van der Waals surface area contributed by atoms with Crippen LogP contribution in [0.3, 0.4) is 0 Å². The largest absolute Gasteiger partial charge is 0.390 e. The molecule has 33 heavy (non-hydrogen) atoms. The topological polar surface area (TPSA) is 122 Å². The molecular formula is C24H25ClN6O2. The highest BCUT2D eigenvalue weighted by Crippen LogP contribution is 2.52. The van der Waals surface area contributed by atoms with Crippen molar-refractivity contribution < 1.29 is 10.2 Å². The van der Waals surface area contributed by atoms with Crippen molar-refractivity contribution in [3.63, 3.8) is 0 Å². The summed E-state index contributed by atoms with van der Waals surface area (Å²) in [4.78, 5) is 13.1. The van der Waals surface area contributed by atoms with Crippen molar-refractivity contribution in [1.82, 2.24) is 24.8 Å². The van der Waals surface area contributed by atoms with E-state index < -0.39 is 17.6 Å². The lowest BCUT2D eigenvalue weighted by Crippen LogP contribution is -2.38. The van der Waals surface area contributed by atoms with E-state index in [9.17, 15) is 10.2 Å². The minimum Gasteiger partial charge on any atom is -0.390 e. The standard InChI is InChI=1S/C24H25ClN6O2/c1-12-15-4-5-31(23(15)29-11-28-12)19-9-24(21(33)20(19)32)8-18(27-10-24)14-3-2-13-6-16(25)22(26)30-17(13)7-14/h2-7,11,18-21,27,32-33H,8-10H2,1H3,(H2,26,30)/t18-,19+,20-,21-,24-/m0/s1. The van der Waals surface area contributed by atoms with Crippen LogP contribution in [0.2, 0.25) is 5.02 Å². The number of hydrogen-bond donors (Lipinski definition) is 4. The van der Waals surface area contributed by atoms with E-state index in [0.29, 0.717) is 30.2 Å². The summed E-state index contributed by atoms with van der Waals surface area (Å²) >= 11 is 6.11. The Labute approximate surface area is 195 Å². The zero-order valence-corrected chi connectivity index (χ0v) is 18.9. The van der Waals surface area contributed by atoms with E-state index in [1.165, 1.54) is 0 Å². The number of nitrogen functional groups attached to an aromatic ring is 1. The average molecular weight is 465 g/mol. The first-order valence-electron chi connectivity index (χ1n) is 11.1. The Hall–Kier alpha value is -2.78. The molecule has 5 N–H and O–H groups in total. The van der Waals surface area contributed by atoms with Gasteiger partial charge in [0, 0.05) is 35.0 Å². The number of aryl methyl sites for hydroxylation is 1. The molecule has 0 amide bonds. The highest BCUT2D eigenvalue weighted by atomic mass is 35.5. The third-order valence-corrected chi connectivity index (χ3v) is 7.87. The average Bonchev–Trinajstić information content (AvgIpc) is 3.48. The Kier molecular flexibility index (Phi) is 4.64. The molecule has 1 aliphatic heterocycles. The van der Waals surface area contributed by atoms with Crippen molar-refractivity contribution in [3.05, 3.63) is 59.1 Å². The molecule has 4 heterocycles. The number of halogens is 1. The number of aliphatic hydroxyl groups is 2. The molecule has 0 bridgehead atoms. The summed E-state index contributed by atoms with van der Waals surface area (Å²) < 4.78 is 1.99. The van der Waals surface area contributed by atoms with Gasteiger partial charge >= 0.3 is 0 Å². The molecule has 4 aromatic rings. The van der Waals surface area contributed by atoms with Crippen molar-refractivity contribution in [2.24, 2.45) is 5.41 Å². The summed E-state index contributed by atoms with van der Waals surface area (Å²) in [7, 11) is 0. The molecule has 1 spiro atoms. The number of rotatable bonds is 2. The lowest BCUT2D eigenvalue weighted by Gasteiger charge is -2.27. The van der Waals surface area contributed by atoms with E-state index in [0.717, 1.165) is 33.2 Å². The number of nitrogens with two attached hydrogens (primary N) is 1. The molecule has 6 rings (SSSR count). The van der Waals surface area contributed by atoms with Crippen molar-refractivity contribution >= 4 is 39.4 Å². The van der Waals surface area contributed by atoms with Crippen LogP contribution >= 0.6 is 11.6 Å². The number of benzene rings is 1. The molecule has 1 saturated carbocycles. The number of fused-ring (bicyclic) bond motifs is 2. The van der Waals surface area contributed by atoms with E-state index in [2.05, 4.69) is 26.3 Å². The van der Waals surface area contributed by atoms with Gasteiger partial charge in [0.1, 0.15) is 23.9 Å². The quantitative estimate of drug-likeness (QED) is 0.359. The third kappa shape index (κ3) is 3.13. The summed E-state index contributed by atoms with van der Waals surface area (Å²) in [5.74, 6) is 0.312. The Morgan fingerprint density at radius 3 is 2.88 bits per heavy atom. The Balaban J connectivity index is 1.30. The molecular weight excluding hydrogens is 440 g/mol. The van der Waals surface area contributed by atoms with E-state index in [1.54, 1.807) is 6.33 Å². The van der Waals surface area contributed by atoms with Crippen LogP contribution in [0.1, 0.15) is 36.2 Å². The summed E-state index contributed by atoms with van der Waals surface area (Å²) in [5.41, 5.74) is 9.01. The van der Waals surface area contributed by atoms with Gasteiger partial charge in [-0.1, -0.05) is 23.7 Å². The van der Waals surface area contributed by atoms with Gasteiger partial charge in [-0.05, 0) is 43.5 Å². The van der Waals surface area contributed by atoms with Crippen molar-refractivity contribution in [3.8, 4) is 0 Å². The van der Waals surface area contributed by atoms with Gasteiger partial charge in [0.2, 0.25) is 0 Å². The maximum atomic E-state index is 11.2. The van der Waals surface area contributed by atoms with Gasteiger partial charge in [0.15, 0.2) is 0 Å². The van der Waals surface area contributed by atoms with Crippen LogP contribution in [-0.2, 0) is 0 Å². The maximum Gasteiger partial charge on any atom is 0.143 e. The minimum atomic E-state index is -0.878. The lowest BCUT2D eigenvalue weighted by atomic mass is 9.80. The molecule has 8 nitrogen and oxygen atoms in total. The fraction of sp³-hybridized carbons (Fsp3) is 0.375. The van der Waals surface area contributed by atoms with E-state index >= 15 is 0 Å². The zero-order chi connectivity index (χ0) is 22.9. The molecule has 170 valence electrons. The summed E-state index contributed by atoms with van der Waals surface area (Å²) in [6.45, 7) is 2.56. The summed E-state index contributed by atoms with van der Waals surface area (Å²) in [6.07, 6.45) is 3.13. The van der Waals surface area contributed by atoms with Crippen molar-refractivity contribution in [1.29, 1.82) is 0 Å². The zero-order valence-electron chi connectivity index (χ0n) is 18.1. The molecule has 1 aromatic carbocycles. The van der Waals surface area contributed by atoms with Gasteiger partial charge in [-0.15, -0.1) is 0 Å². The molecule has 5 atom stereocenters. The molecule has 0 unspecified atom stereocenters. The fourth-order valence-corrected chi connectivity index (χ4v) is 5.90. The maximum absolute atomic E-state index is 11.2. The molecule has 2 aliphatic rings. The minimum absolute atomic E-state index is 0.0414. The molecule has 0 radical (unpaired) electrons. The number of aliphatic hydroxyl groups excluding tert-OH is 2. The lowest BCUT2D eigenvalue weighted by molar-refractivity contribution is -0.0218. The number of nitrogens with one attached hydrogen (secondary N) is 1. The second-order valence-electron chi connectivity index (χ2n) is 9.43. The third-order valence-electron chi connectivity index (χ3n) is 7.56. The normalized spacial score (nSPS) is 29.6. The summed E-state index contributed by atoms with van der Waals surface area (Å²) in [5, 5.41) is 28.1. The van der Waals surface area contributed by atoms with Crippen LogP contribution in [0, 0.1) is 12.3 Å². The monoisotopic (exact) mass is 464 g/mol. The van der Waals surface area contributed by atoms with Crippen LogP contribution in [0.4, 0.5) is 5.82 Å². The van der Waals surface area contributed by atoms with Gasteiger partial charge in [-0.3, -0.25) is 0 Å². The number of anilines is 1. The molecule has 9 heteroatoms. The molecule has 2 fully saturated rings. The predicted octanol–water partition coefficient (Wildman–Crippen LogP) is 2.91. The van der Waals surface area contributed by atoms with Gasteiger partial charge in [-0.25, -0.2) is 15.0 Å². The number of pyridine rings is 1. The number of hydrogen-bond acceptors (Lipinski definition) is 7. The SMILES string of the molecule is Cc1ncnc2c1ccn2[C@@H]1C[C@@]2(CN[C@H](c3ccc4cc(Cl)c(N)nc4c3)C2)[C@@H](O)[C@H]1O. The van der Waals surface area contributed by atoms with Gasteiger partial charge < -0.3 is 25.8 Å². The second kappa shape index (κ2) is 7.36. The van der Waals surface area contributed by atoms with Gasteiger partial charge in [-0.2, -0.15) is 0 Å². The van der Waals surface area contributed by atoms with Crippen LogP contribution in [0.5, 0.6) is 0 Å². The van der Waals surface area contributed by atoms with Crippen molar-refractivity contribution in [2.75, 3.05) is 12.3 Å².